The van der Waals surface area contributed by atoms with Crippen LogP contribution in [-0.2, 0) is 6.42 Å². The fraction of sp³-hybridized carbons (Fsp3) is 0.200. The highest BCUT2D eigenvalue weighted by Gasteiger charge is 2.24. The van der Waals surface area contributed by atoms with E-state index in [0.29, 0.717) is 23.5 Å². The van der Waals surface area contributed by atoms with Crippen LogP contribution in [0.2, 0.25) is 0 Å². The molecule has 196 valence electrons. The average molecular weight is 520 g/mol. The summed E-state index contributed by atoms with van der Waals surface area (Å²) in [7, 11) is 0. The van der Waals surface area contributed by atoms with Gasteiger partial charge >= 0.3 is 6.09 Å². The number of nitrogens with one attached hydrogen (secondary N) is 3. The molecular formula is C25H26FN9O3. The fourth-order valence-electron chi connectivity index (χ4n) is 3.83. The van der Waals surface area contributed by atoms with Crippen LogP contribution in [-0.4, -0.2) is 54.2 Å². The molecule has 0 aliphatic rings. The van der Waals surface area contributed by atoms with Crippen molar-refractivity contribution in [2.45, 2.75) is 32.4 Å². The number of anilines is 3. The van der Waals surface area contributed by atoms with Crippen LogP contribution in [0, 0.1) is 12.7 Å². The molecule has 3 aromatic heterocycles. The number of hydrogen-bond acceptors (Lipinski definition) is 8. The number of nitrogens with zero attached hydrogens (tertiary/aromatic N) is 5. The minimum absolute atomic E-state index is 0.0104. The van der Waals surface area contributed by atoms with Crippen LogP contribution >= 0.6 is 0 Å². The van der Waals surface area contributed by atoms with Gasteiger partial charge in [-0.25, -0.2) is 14.2 Å². The Kier molecular flexibility index (Phi) is 7.75. The predicted octanol–water partition coefficient (Wildman–Crippen LogP) is 3.03. The number of rotatable bonds is 10. The van der Waals surface area contributed by atoms with Gasteiger partial charge in [-0.1, -0.05) is 30.3 Å². The van der Waals surface area contributed by atoms with Gasteiger partial charge in [0, 0.05) is 6.04 Å². The SMILES string of the molecule is Cc1ncc(Nc2nc(N[C@@H](Cc3ccccc3)[C@H](C)NC(=O)O)c(F)cc2C(N)=O)cc1-n1nccn1. The summed E-state index contributed by atoms with van der Waals surface area (Å²) in [4.78, 5) is 33.4. The molecular weight excluding hydrogens is 493 g/mol. The van der Waals surface area contributed by atoms with Gasteiger partial charge in [-0.3, -0.25) is 9.78 Å². The third-order valence-electron chi connectivity index (χ3n) is 5.77. The highest BCUT2D eigenvalue weighted by molar-refractivity contribution is 5.98. The first-order valence-electron chi connectivity index (χ1n) is 11.6. The molecule has 0 saturated heterocycles. The zero-order chi connectivity index (χ0) is 27.2. The van der Waals surface area contributed by atoms with E-state index in [0.717, 1.165) is 11.6 Å². The first kappa shape index (κ1) is 26.0. The molecule has 0 bridgehead atoms. The van der Waals surface area contributed by atoms with Crippen molar-refractivity contribution in [1.29, 1.82) is 0 Å². The summed E-state index contributed by atoms with van der Waals surface area (Å²) in [6.45, 7) is 3.45. The van der Waals surface area contributed by atoms with Gasteiger partial charge < -0.3 is 26.8 Å². The van der Waals surface area contributed by atoms with Gasteiger partial charge in [-0.15, -0.1) is 4.80 Å². The topological polar surface area (TPSA) is 173 Å². The molecule has 0 aliphatic carbocycles. The van der Waals surface area contributed by atoms with E-state index in [2.05, 4.69) is 36.1 Å². The van der Waals surface area contributed by atoms with Gasteiger partial charge in [-0.05, 0) is 38.0 Å². The number of pyridine rings is 2. The Hall–Kier alpha value is -5.07. The number of nitrogens with two attached hydrogens (primary N) is 1. The van der Waals surface area contributed by atoms with Crippen molar-refractivity contribution in [2.75, 3.05) is 10.6 Å². The molecule has 6 N–H and O–H groups in total. The lowest BCUT2D eigenvalue weighted by Crippen LogP contribution is -2.45. The Morgan fingerprint density at radius 1 is 1.13 bits per heavy atom. The predicted molar refractivity (Wildman–Crippen MR) is 138 cm³/mol. The smallest absolute Gasteiger partial charge is 0.404 e. The van der Waals surface area contributed by atoms with Crippen molar-refractivity contribution in [3.05, 3.63) is 83.7 Å². The molecule has 0 saturated carbocycles. The molecule has 12 nitrogen and oxygen atoms in total. The summed E-state index contributed by atoms with van der Waals surface area (Å²) in [6, 6.07) is 10.8. The summed E-state index contributed by atoms with van der Waals surface area (Å²) in [5, 5.41) is 25.8. The molecule has 3 heterocycles. The molecule has 0 radical (unpaired) electrons. The maximum absolute atomic E-state index is 15.1. The van der Waals surface area contributed by atoms with Crippen molar-refractivity contribution in [2.24, 2.45) is 5.73 Å². The second kappa shape index (κ2) is 11.3. The highest BCUT2D eigenvalue weighted by Crippen LogP contribution is 2.26. The van der Waals surface area contributed by atoms with Crippen LogP contribution in [0.5, 0.6) is 0 Å². The third kappa shape index (κ3) is 6.19. The van der Waals surface area contributed by atoms with Crippen molar-refractivity contribution in [1.82, 2.24) is 30.3 Å². The lowest BCUT2D eigenvalue weighted by Gasteiger charge is -2.26. The first-order valence-corrected chi connectivity index (χ1v) is 11.6. The maximum Gasteiger partial charge on any atom is 0.404 e. The van der Waals surface area contributed by atoms with Crippen LogP contribution in [0.3, 0.4) is 0 Å². The summed E-state index contributed by atoms with van der Waals surface area (Å²) in [5.74, 6) is -1.91. The molecule has 2 amide bonds. The van der Waals surface area contributed by atoms with Crippen LogP contribution in [0.15, 0.2) is 61.1 Å². The number of amides is 2. The Morgan fingerprint density at radius 2 is 1.84 bits per heavy atom. The lowest BCUT2D eigenvalue weighted by atomic mass is 10.0. The zero-order valence-corrected chi connectivity index (χ0v) is 20.6. The molecule has 38 heavy (non-hydrogen) atoms. The van der Waals surface area contributed by atoms with E-state index in [1.54, 1.807) is 19.9 Å². The molecule has 0 fully saturated rings. The second-order valence-corrected chi connectivity index (χ2v) is 8.53. The molecule has 0 unspecified atom stereocenters. The summed E-state index contributed by atoms with van der Waals surface area (Å²) in [6.07, 6.45) is 3.72. The van der Waals surface area contributed by atoms with E-state index >= 15 is 4.39 Å². The molecule has 4 rings (SSSR count). The number of carbonyl (C=O) groups is 2. The number of aromatic nitrogens is 5. The van der Waals surface area contributed by atoms with Gasteiger partial charge in [-0.2, -0.15) is 10.2 Å². The van der Waals surface area contributed by atoms with Gasteiger partial charge in [0.15, 0.2) is 11.6 Å². The number of halogens is 1. The summed E-state index contributed by atoms with van der Waals surface area (Å²) < 4.78 is 15.1. The van der Waals surface area contributed by atoms with Crippen LogP contribution in [0.4, 0.5) is 26.5 Å². The Balaban J connectivity index is 1.68. The highest BCUT2D eigenvalue weighted by atomic mass is 19.1. The molecule has 0 spiro atoms. The molecule has 0 aliphatic heterocycles. The Morgan fingerprint density at radius 3 is 2.50 bits per heavy atom. The maximum atomic E-state index is 15.1. The molecule has 2 atom stereocenters. The number of carboxylic acid groups (broad SMARTS) is 1. The molecule has 1 aromatic carbocycles. The number of carbonyl (C=O) groups excluding carboxylic acids is 1. The summed E-state index contributed by atoms with van der Waals surface area (Å²) >= 11 is 0. The number of aryl methyl sites for hydroxylation is 1. The first-order chi connectivity index (χ1) is 18.2. The number of primary amides is 1. The number of hydrogen-bond donors (Lipinski definition) is 5. The van der Waals surface area contributed by atoms with E-state index in [1.165, 1.54) is 23.4 Å². The van der Waals surface area contributed by atoms with E-state index in [1.807, 2.05) is 30.3 Å². The van der Waals surface area contributed by atoms with E-state index in [4.69, 9.17) is 5.73 Å². The lowest BCUT2D eigenvalue weighted by molar-refractivity contribution is 0.1000. The van der Waals surface area contributed by atoms with Crippen molar-refractivity contribution in [3.8, 4) is 5.69 Å². The van der Waals surface area contributed by atoms with Gasteiger partial charge in [0.05, 0.1) is 41.6 Å². The molecule has 13 heteroatoms. The van der Waals surface area contributed by atoms with Gasteiger partial charge in [0.1, 0.15) is 11.5 Å². The minimum Gasteiger partial charge on any atom is -0.465 e. The van der Waals surface area contributed by atoms with Crippen molar-refractivity contribution < 1.29 is 19.1 Å². The van der Waals surface area contributed by atoms with E-state index in [9.17, 15) is 14.7 Å². The monoisotopic (exact) mass is 519 g/mol. The van der Waals surface area contributed by atoms with Crippen molar-refractivity contribution >= 4 is 29.3 Å². The summed E-state index contributed by atoms with van der Waals surface area (Å²) in [5.41, 5.74) is 7.89. The van der Waals surface area contributed by atoms with E-state index in [-0.39, 0.29) is 17.2 Å². The largest absolute Gasteiger partial charge is 0.465 e. The van der Waals surface area contributed by atoms with Gasteiger partial charge in [0.25, 0.3) is 5.91 Å². The quantitative estimate of drug-likeness (QED) is 0.211. The van der Waals surface area contributed by atoms with Crippen LogP contribution < -0.4 is 21.7 Å². The third-order valence-corrected chi connectivity index (χ3v) is 5.77. The Bertz CT molecular complexity index is 1430. The van der Waals surface area contributed by atoms with Crippen molar-refractivity contribution in [3.63, 3.8) is 0 Å². The van der Waals surface area contributed by atoms with Crippen LogP contribution in [0.25, 0.3) is 5.69 Å². The fourth-order valence-corrected chi connectivity index (χ4v) is 3.83. The number of benzene rings is 1. The van der Waals surface area contributed by atoms with Gasteiger partial charge in [0.2, 0.25) is 0 Å². The average Bonchev–Trinajstić information content (AvgIpc) is 3.41. The molecule has 4 aromatic rings. The normalized spacial score (nSPS) is 12.4. The second-order valence-electron chi connectivity index (χ2n) is 8.53. The Labute approximate surface area is 217 Å². The zero-order valence-electron chi connectivity index (χ0n) is 20.6. The van der Waals surface area contributed by atoms with Crippen LogP contribution in [0.1, 0.15) is 28.5 Å². The standard InChI is InChI=1S/C25H26FN9O3/c1-14(31-25(37)38)20(10-16-6-4-3-5-7-16)33-24-19(26)12-18(22(27)36)23(34-24)32-17-11-21(15(2)28-13-17)35-29-8-9-30-35/h3-9,11-14,20,31H,10H2,1-2H3,(H2,27,36)(H,37,38)(H2,32,33,34)/t14-,20-/m0/s1. The minimum atomic E-state index is -1.22. The van der Waals surface area contributed by atoms with E-state index < -0.39 is 29.9 Å².